The lowest BCUT2D eigenvalue weighted by molar-refractivity contribution is 0.917. The lowest BCUT2D eigenvalue weighted by Gasteiger charge is -2.07. The van der Waals surface area contributed by atoms with Crippen LogP contribution in [0.25, 0.3) is 0 Å². The van der Waals surface area contributed by atoms with Gasteiger partial charge in [0.1, 0.15) is 10.5 Å². The van der Waals surface area contributed by atoms with Crippen LogP contribution in [0, 0.1) is 32.3 Å². The maximum absolute atomic E-state index is 5.26. The van der Waals surface area contributed by atoms with Crippen molar-refractivity contribution in [3.05, 3.63) is 56.6 Å². The Morgan fingerprint density at radius 3 is 2.44 bits per heavy atom. The van der Waals surface area contributed by atoms with Gasteiger partial charge in [0.2, 0.25) is 0 Å². The van der Waals surface area contributed by atoms with Gasteiger partial charge in [0.15, 0.2) is 0 Å². The van der Waals surface area contributed by atoms with Crippen molar-refractivity contribution < 1.29 is 0 Å². The van der Waals surface area contributed by atoms with Gasteiger partial charge in [-0.2, -0.15) is 0 Å². The van der Waals surface area contributed by atoms with Crippen molar-refractivity contribution in [2.75, 3.05) is 0 Å². The van der Waals surface area contributed by atoms with Crippen LogP contribution < -0.4 is 0 Å². The smallest absolute Gasteiger partial charge is 0.132 e. The molecule has 0 saturated carbocycles. The molecule has 2 aromatic rings. The predicted molar refractivity (Wildman–Crippen MR) is 77.6 cm³/mol. The van der Waals surface area contributed by atoms with Gasteiger partial charge in [-0.1, -0.05) is 30.4 Å². The van der Waals surface area contributed by atoms with E-state index in [9.17, 15) is 0 Å². The van der Waals surface area contributed by atoms with E-state index in [-0.39, 0.29) is 0 Å². The summed E-state index contributed by atoms with van der Waals surface area (Å²) in [5, 5.41) is 0. The highest BCUT2D eigenvalue weighted by Crippen LogP contribution is 2.13. The molecule has 94 valence electrons. The second kappa shape index (κ2) is 5.02. The Morgan fingerprint density at radius 2 is 1.83 bits per heavy atom. The number of rotatable bonds is 2. The van der Waals surface area contributed by atoms with Crippen molar-refractivity contribution in [3.8, 4) is 0 Å². The van der Waals surface area contributed by atoms with Gasteiger partial charge in [-0.05, 0) is 44.4 Å². The first kappa shape index (κ1) is 13.0. The second-order valence-corrected chi connectivity index (χ2v) is 5.22. The topological polar surface area (TPSA) is 28.7 Å². The van der Waals surface area contributed by atoms with Crippen molar-refractivity contribution in [2.24, 2.45) is 0 Å². The molecule has 0 saturated heterocycles. The Bertz CT molecular complexity index is 641. The Morgan fingerprint density at radius 1 is 1.11 bits per heavy atom. The Balaban J connectivity index is 2.34. The highest BCUT2D eigenvalue weighted by molar-refractivity contribution is 7.71. The summed E-state index contributed by atoms with van der Waals surface area (Å²) in [6.07, 6.45) is 0.798. The first-order valence-electron chi connectivity index (χ1n) is 6.10. The first-order chi connectivity index (χ1) is 8.47. The van der Waals surface area contributed by atoms with Crippen molar-refractivity contribution in [3.63, 3.8) is 0 Å². The van der Waals surface area contributed by atoms with Gasteiger partial charge in [-0.15, -0.1) is 0 Å². The number of nitrogens with one attached hydrogen (secondary N) is 1. The third-order valence-corrected chi connectivity index (χ3v) is 3.79. The lowest BCUT2D eigenvalue weighted by Crippen LogP contribution is -2.01. The van der Waals surface area contributed by atoms with Crippen LogP contribution in [0.4, 0.5) is 0 Å². The number of nitrogens with zero attached hydrogens (tertiary/aromatic N) is 1. The molecule has 18 heavy (non-hydrogen) atoms. The zero-order valence-electron chi connectivity index (χ0n) is 11.3. The molecule has 1 heterocycles. The maximum Gasteiger partial charge on any atom is 0.132 e. The Hall–Kier alpha value is -1.48. The summed E-state index contributed by atoms with van der Waals surface area (Å²) in [6.45, 7) is 8.30. The molecule has 1 aromatic heterocycles. The van der Waals surface area contributed by atoms with Crippen LogP contribution >= 0.6 is 12.2 Å². The molecular weight excluding hydrogens is 240 g/mol. The van der Waals surface area contributed by atoms with Gasteiger partial charge in [0.25, 0.3) is 0 Å². The molecular formula is C15H18N2S. The van der Waals surface area contributed by atoms with E-state index < -0.39 is 0 Å². The number of aromatic amines is 1. The number of hydrogen-bond donors (Lipinski definition) is 1. The standard InChI is InChI=1S/C15H18N2S/c1-9-5-6-13(7-10(9)2)8-14-16-12(4)11(3)15(18)17-14/h5-7H,8H2,1-4H3,(H,16,17,18). The van der Waals surface area contributed by atoms with Gasteiger partial charge < -0.3 is 4.98 Å². The fraction of sp³-hybridized carbons (Fsp3) is 0.333. The first-order valence-corrected chi connectivity index (χ1v) is 6.50. The highest BCUT2D eigenvalue weighted by atomic mass is 32.1. The van der Waals surface area contributed by atoms with E-state index in [0.29, 0.717) is 4.64 Å². The van der Waals surface area contributed by atoms with Crippen LogP contribution in [0.15, 0.2) is 18.2 Å². The molecule has 3 heteroatoms. The van der Waals surface area contributed by atoms with Gasteiger partial charge >= 0.3 is 0 Å². The molecule has 0 unspecified atom stereocenters. The van der Waals surface area contributed by atoms with Crippen LogP contribution in [0.5, 0.6) is 0 Å². The number of H-pyrrole nitrogens is 1. The number of aromatic nitrogens is 2. The minimum absolute atomic E-state index is 0.699. The summed E-state index contributed by atoms with van der Waals surface area (Å²) < 4.78 is 0.699. The third-order valence-electron chi connectivity index (χ3n) is 3.39. The van der Waals surface area contributed by atoms with Gasteiger partial charge in [-0.3, -0.25) is 0 Å². The van der Waals surface area contributed by atoms with E-state index >= 15 is 0 Å². The van der Waals surface area contributed by atoms with E-state index in [0.717, 1.165) is 23.5 Å². The molecule has 0 aliphatic rings. The monoisotopic (exact) mass is 258 g/mol. The van der Waals surface area contributed by atoms with E-state index in [1.807, 2.05) is 13.8 Å². The largest absolute Gasteiger partial charge is 0.347 e. The van der Waals surface area contributed by atoms with Gasteiger partial charge in [0.05, 0.1) is 0 Å². The third kappa shape index (κ3) is 2.67. The van der Waals surface area contributed by atoms with E-state index in [4.69, 9.17) is 12.2 Å². The van der Waals surface area contributed by atoms with Gasteiger partial charge in [0, 0.05) is 17.7 Å². The molecule has 1 aromatic carbocycles. The van der Waals surface area contributed by atoms with Crippen molar-refractivity contribution in [2.45, 2.75) is 34.1 Å². The summed E-state index contributed by atoms with van der Waals surface area (Å²) in [5.74, 6) is 0.936. The molecule has 0 aliphatic carbocycles. The second-order valence-electron chi connectivity index (χ2n) is 4.83. The summed E-state index contributed by atoms with van der Waals surface area (Å²) in [6, 6.07) is 6.51. The normalized spacial score (nSPS) is 10.7. The van der Waals surface area contributed by atoms with Crippen LogP contribution in [-0.4, -0.2) is 9.97 Å². The molecule has 0 fully saturated rings. The summed E-state index contributed by atoms with van der Waals surface area (Å²) >= 11 is 5.26. The fourth-order valence-electron chi connectivity index (χ4n) is 1.90. The Labute approximate surface area is 113 Å². The quantitative estimate of drug-likeness (QED) is 0.826. The van der Waals surface area contributed by atoms with Crippen LogP contribution in [0.2, 0.25) is 0 Å². The SMILES string of the molecule is Cc1ccc(Cc2nc(=S)c(C)c(C)[nH]2)cc1C. The zero-order valence-corrected chi connectivity index (χ0v) is 12.1. The molecule has 0 radical (unpaired) electrons. The van der Waals surface area contributed by atoms with Crippen LogP contribution in [-0.2, 0) is 6.42 Å². The maximum atomic E-state index is 5.26. The minimum atomic E-state index is 0.699. The molecule has 2 rings (SSSR count). The van der Waals surface area contributed by atoms with E-state index in [1.54, 1.807) is 0 Å². The van der Waals surface area contributed by atoms with Crippen molar-refractivity contribution in [1.82, 2.24) is 9.97 Å². The summed E-state index contributed by atoms with van der Waals surface area (Å²) in [4.78, 5) is 7.76. The number of hydrogen-bond acceptors (Lipinski definition) is 2. The summed E-state index contributed by atoms with van der Waals surface area (Å²) in [5.41, 5.74) is 6.07. The minimum Gasteiger partial charge on any atom is -0.347 e. The molecule has 2 nitrogen and oxygen atoms in total. The summed E-state index contributed by atoms with van der Waals surface area (Å²) in [7, 11) is 0. The zero-order chi connectivity index (χ0) is 13.3. The van der Waals surface area contributed by atoms with Crippen LogP contribution in [0.3, 0.4) is 0 Å². The molecule has 0 atom stereocenters. The van der Waals surface area contributed by atoms with E-state index in [2.05, 4.69) is 42.0 Å². The van der Waals surface area contributed by atoms with Gasteiger partial charge in [-0.25, -0.2) is 4.98 Å². The molecule has 0 aliphatic heterocycles. The highest BCUT2D eigenvalue weighted by Gasteiger charge is 2.03. The molecule has 0 bridgehead atoms. The molecule has 0 amide bonds. The van der Waals surface area contributed by atoms with Crippen molar-refractivity contribution >= 4 is 12.2 Å². The van der Waals surface area contributed by atoms with E-state index in [1.165, 1.54) is 16.7 Å². The number of benzene rings is 1. The number of aryl methyl sites for hydroxylation is 3. The predicted octanol–water partition coefficient (Wildman–Crippen LogP) is 3.96. The average Bonchev–Trinajstić information content (AvgIpc) is 2.31. The fourth-order valence-corrected chi connectivity index (χ4v) is 2.16. The van der Waals surface area contributed by atoms with Crippen LogP contribution in [0.1, 0.15) is 33.8 Å². The van der Waals surface area contributed by atoms with Crippen molar-refractivity contribution in [1.29, 1.82) is 0 Å². The average molecular weight is 258 g/mol. The molecule has 0 spiro atoms. The Kier molecular flexibility index (Phi) is 3.62. The molecule has 1 N–H and O–H groups in total. The lowest BCUT2D eigenvalue weighted by atomic mass is 10.0.